The molecule has 0 spiro atoms. The molecule has 1 aromatic carbocycles. The van der Waals surface area contributed by atoms with E-state index >= 15 is 0 Å². The van der Waals surface area contributed by atoms with Crippen LogP contribution in [0.1, 0.15) is 26.2 Å². The van der Waals surface area contributed by atoms with Crippen molar-refractivity contribution in [3.63, 3.8) is 0 Å². The Kier molecular flexibility index (Phi) is 5.63. The van der Waals surface area contributed by atoms with Gasteiger partial charge in [0.05, 0.1) is 19.9 Å². The average Bonchev–Trinajstić information content (AvgIpc) is 2.89. The van der Waals surface area contributed by atoms with E-state index in [1.807, 2.05) is 4.90 Å². The number of likely N-dealkylation sites (tertiary alicyclic amines) is 1. The molecule has 0 bridgehead atoms. The molecule has 1 saturated heterocycles. The molecule has 2 aliphatic rings. The summed E-state index contributed by atoms with van der Waals surface area (Å²) in [5.41, 5.74) is 0.0157. The van der Waals surface area contributed by atoms with Crippen LogP contribution in [0, 0.1) is 5.41 Å². The van der Waals surface area contributed by atoms with Crippen LogP contribution in [0.25, 0.3) is 0 Å². The second-order valence-electron chi connectivity index (χ2n) is 6.51. The van der Waals surface area contributed by atoms with Gasteiger partial charge >= 0.3 is 0 Å². The third-order valence-electron chi connectivity index (χ3n) is 4.46. The highest BCUT2D eigenvalue weighted by atomic mass is 79.9. The number of thiocarbonyl (C=S) groups is 1. The lowest BCUT2D eigenvalue weighted by atomic mass is 10.2. The quantitative estimate of drug-likeness (QED) is 0.359. The Balaban J connectivity index is 1.70. The molecule has 1 heterocycles. The van der Waals surface area contributed by atoms with E-state index in [1.165, 1.54) is 0 Å². The third-order valence-corrected chi connectivity index (χ3v) is 7.87. The fraction of sp³-hybridized carbons (Fsp3) is 0.562. The van der Waals surface area contributed by atoms with Gasteiger partial charge in [-0.3, -0.25) is 0 Å². The largest absolute Gasteiger partial charge is 0.491 e. The highest BCUT2D eigenvalue weighted by Gasteiger charge is 2.62. The molecular weight excluding hydrogens is 501 g/mol. The first-order valence-corrected chi connectivity index (χ1v) is 10.4. The van der Waals surface area contributed by atoms with Crippen molar-refractivity contribution >= 4 is 72.5 Å². The van der Waals surface area contributed by atoms with Gasteiger partial charge in [0.2, 0.25) is 0 Å². The van der Waals surface area contributed by atoms with Crippen LogP contribution in [-0.4, -0.2) is 33.0 Å². The van der Waals surface area contributed by atoms with Crippen molar-refractivity contribution in [2.45, 2.75) is 29.4 Å². The first-order valence-electron chi connectivity index (χ1n) is 7.68. The molecule has 3 nitrogen and oxygen atoms in total. The summed E-state index contributed by atoms with van der Waals surface area (Å²) in [6.07, 6.45) is 3.24. The Morgan fingerprint density at radius 3 is 2.38 bits per heavy atom. The summed E-state index contributed by atoms with van der Waals surface area (Å²) < 4.78 is 11.6. The number of rotatable bonds is 4. The maximum absolute atomic E-state index is 6.25. The van der Waals surface area contributed by atoms with Crippen LogP contribution in [0.5, 0.6) is 11.5 Å². The smallest absolute Gasteiger partial charge is 0.264 e. The standard InChI is InChI=1S/C16H17Br2Cl2NO2S/c1-15(8-16(15,17)18)9-22-12-7-13(11(20)6-10(12)19)23-14(24)21-4-2-3-5-21/h6-7H,2-5,8-9H2,1H3. The topological polar surface area (TPSA) is 21.7 Å². The second-order valence-corrected chi connectivity index (χ2v) is 11.4. The van der Waals surface area contributed by atoms with Gasteiger partial charge in [-0.15, -0.1) is 0 Å². The Morgan fingerprint density at radius 1 is 1.21 bits per heavy atom. The van der Waals surface area contributed by atoms with Crippen molar-refractivity contribution in [2.24, 2.45) is 5.41 Å². The maximum Gasteiger partial charge on any atom is 0.264 e. The van der Waals surface area contributed by atoms with Crippen LogP contribution in [0.4, 0.5) is 0 Å². The Bertz CT molecular complexity index is 668. The zero-order valence-corrected chi connectivity index (χ0v) is 18.6. The number of nitrogens with zero attached hydrogens (tertiary/aromatic N) is 1. The average molecular weight is 518 g/mol. The van der Waals surface area contributed by atoms with E-state index in [2.05, 4.69) is 38.8 Å². The molecule has 0 amide bonds. The minimum absolute atomic E-state index is 0.0157. The molecule has 8 heteroatoms. The molecule has 1 saturated carbocycles. The normalized spacial score (nSPS) is 24.8. The second kappa shape index (κ2) is 7.10. The number of hydrogen-bond acceptors (Lipinski definition) is 3. The lowest BCUT2D eigenvalue weighted by Gasteiger charge is -2.20. The van der Waals surface area contributed by atoms with Gasteiger partial charge in [-0.25, -0.2) is 0 Å². The lowest BCUT2D eigenvalue weighted by Crippen LogP contribution is -2.30. The van der Waals surface area contributed by atoms with Crippen molar-refractivity contribution in [3.8, 4) is 11.5 Å². The molecular formula is C16H17Br2Cl2NO2S. The molecule has 0 aromatic heterocycles. The molecule has 1 aromatic rings. The van der Waals surface area contributed by atoms with Crippen molar-refractivity contribution in [3.05, 3.63) is 22.2 Å². The molecule has 1 unspecified atom stereocenters. The summed E-state index contributed by atoms with van der Waals surface area (Å²) in [7, 11) is 0. The summed E-state index contributed by atoms with van der Waals surface area (Å²) in [4.78, 5) is 2.04. The van der Waals surface area contributed by atoms with Crippen LogP contribution < -0.4 is 9.47 Å². The Hall–Kier alpha value is 0.250. The van der Waals surface area contributed by atoms with E-state index in [1.54, 1.807) is 12.1 Å². The number of halogens is 4. The van der Waals surface area contributed by atoms with E-state index in [0.29, 0.717) is 33.3 Å². The highest BCUT2D eigenvalue weighted by molar-refractivity contribution is 9.25. The first-order chi connectivity index (χ1) is 11.2. The summed E-state index contributed by atoms with van der Waals surface area (Å²) in [6, 6.07) is 3.34. The van der Waals surface area contributed by atoms with Crippen molar-refractivity contribution in [1.82, 2.24) is 4.90 Å². The number of benzene rings is 1. The highest BCUT2D eigenvalue weighted by Crippen LogP contribution is 2.66. The summed E-state index contributed by atoms with van der Waals surface area (Å²) in [5.74, 6) is 1.02. The zero-order valence-electron chi connectivity index (χ0n) is 13.1. The van der Waals surface area contributed by atoms with Crippen molar-refractivity contribution in [1.29, 1.82) is 0 Å². The minimum atomic E-state index is -0.0669. The van der Waals surface area contributed by atoms with Gasteiger partial charge in [0, 0.05) is 24.6 Å². The van der Waals surface area contributed by atoms with Gasteiger partial charge in [0.25, 0.3) is 5.17 Å². The molecule has 0 N–H and O–H groups in total. The summed E-state index contributed by atoms with van der Waals surface area (Å²) in [5, 5.41) is 1.32. The molecule has 1 aliphatic carbocycles. The predicted molar refractivity (Wildman–Crippen MR) is 109 cm³/mol. The molecule has 0 radical (unpaired) electrons. The third kappa shape index (κ3) is 3.98. The number of ether oxygens (including phenoxy) is 2. The summed E-state index contributed by atoms with van der Waals surface area (Å²) in [6.45, 7) is 4.51. The van der Waals surface area contributed by atoms with Crippen LogP contribution in [0.3, 0.4) is 0 Å². The van der Waals surface area contributed by atoms with Gasteiger partial charge in [-0.1, -0.05) is 62.0 Å². The maximum atomic E-state index is 6.25. The molecule has 24 heavy (non-hydrogen) atoms. The van der Waals surface area contributed by atoms with E-state index < -0.39 is 0 Å². The van der Waals surface area contributed by atoms with Gasteiger partial charge in [0.1, 0.15) is 5.75 Å². The van der Waals surface area contributed by atoms with Crippen LogP contribution in [0.2, 0.25) is 10.0 Å². The van der Waals surface area contributed by atoms with E-state index in [9.17, 15) is 0 Å². The molecule has 2 fully saturated rings. The van der Waals surface area contributed by atoms with Crippen molar-refractivity contribution in [2.75, 3.05) is 19.7 Å². The molecule has 1 atom stereocenters. The minimum Gasteiger partial charge on any atom is -0.491 e. The summed E-state index contributed by atoms with van der Waals surface area (Å²) >= 11 is 25.1. The Morgan fingerprint density at radius 2 is 1.79 bits per heavy atom. The van der Waals surface area contributed by atoms with Gasteiger partial charge in [0.15, 0.2) is 5.75 Å². The van der Waals surface area contributed by atoms with E-state index in [4.69, 9.17) is 44.9 Å². The lowest BCUT2D eigenvalue weighted by molar-refractivity contribution is 0.247. The van der Waals surface area contributed by atoms with Gasteiger partial charge < -0.3 is 14.4 Å². The number of hydrogen-bond donors (Lipinski definition) is 0. The molecule has 3 rings (SSSR count). The van der Waals surface area contributed by atoms with Gasteiger partial charge in [-0.05, 0) is 37.5 Å². The van der Waals surface area contributed by atoms with E-state index in [-0.39, 0.29) is 8.65 Å². The monoisotopic (exact) mass is 515 g/mol. The first kappa shape index (κ1) is 19.0. The van der Waals surface area contributed by atoms with Crippen LogP contribution in [0.15, 0.2) is 12.1 Å². The van der Waals surface area contributed by atoms with E-state index in [0.717, 1.165) is 32.4 Å². The van der Waals surface area contributed by atoms with Crippen molar-refractivity contribution < 1.29 is 9.47 Å². The zero-order chi connectivity index (χ0) is 17.5. The Labute approximate surface area is 174 Å². The SMILES string of the molecule is CC1(COc2cc(OC(=S)N3CCCC3)c(Cl)cc2Cl)CC1(Br)Br. The van der Waals surface area contributed by atoms with Crippen LogP contribution in [-0.2, 0) is 0 Å². The fourth-order valence-corrected chi connectivity index (χ4v) is 4.81. The molecule has 132 valence electrons. The van der Waals surface area contributed by atoms with Gasteiger partial charge in [-0.2, -0.15) is 0 Å². The van der Waals surface area contributed by atoms with Crippen LogP contribution >= 0.6 is 67.3 Å². The number of alkyl halides is 2. The molecule has 1 aliphatic heterocycles. The predicted octanol–water partition coefficient (Wildman–Crippen LogP) is 6.03. The fourth-order valence-electron chi connectivity index (χ4n) is 2.60.